The number of nitrogens with one attached hydrogen (secondary N) is 1. The molecule has 4 aromatic rings. The summed E-state index contributed by atoms with van der Waals surface area (Å²) >= 11 is 0. The molecule has 38 heavy (non-hydrogen) atoms. The second-order valence-electron chi connectivity index (χ2n) is 8.96. The maximum atomic E-state index is 6.03. The van der Waals surface area contributed by atoms with E-state index in [1.165, 1.54) is 0 Å². The van der Waals surface area contributed by atoms with E-state index in [1.807, 2.05) is 74.8 Å². The van der Waals surface area contributed by atoms with Crippen molar-refractivity contribution in [3.05, 3.63) is 77.4 Å². The van der Waals surface area contributed by atoms with Crippen LogP contribution in [0.15, 0.2) is 65.8 Å². The zero-order valence-corrected chi connectivity index (χ0v) is 22.6. The van der Waals surface area contributed by atoms with E-state index in [0.29, 0.717) is 23.8 Å². The van der Waals surface area contributed by atoms with Gasteiger partial charge in [0.15, 0.2) is 0 Å². The summed E-state index contributed by atoms with van der Waals surface area (Å²) in [6.07, 6.45) is 5.18. The average molecular weight is 532 g/mol. The van der Waals surface area contributed by atoms with E-state index in [1.54, 1.807) is 14.2 Å². The number of oxime groups is 1. The zero-order valence-electron chi connectivity index (χ0n) is 21.8. The van der Waals surface area contributed by atoms with Crippen molar-refractivity contribution < 1.29 is 19.0 Å². The minimum absolute atomic E-state index is 0. The smallest absolute Gasteiger partial charge is 0.212 e. The van der Waals surface area contributed by atoms with E-state index in [-0.39, 0.29) is 12.4 Å². The maximum absolute atomic E-state index is 6.03. The SMILES string of the molecule is C#CC(O/N=C1/c2c(OC)ccc(OC)c2-c2[nH]c3ccc(OCCN(C)C)cc3c21)c1ccccc1.Cl. The third-order valence-corrected chi connectivity index (χ3v) is 6.37. The molecule has 8 heteroatoms. The van der Waals surface area contributed by atoms with Crippen LogP contribution in [0.4, 0.5) is 0 Å². The molecule has 0 radical (unpaired) electrons. The highest BCUT2D eigenvalue weighted by Gasteiger charge is 2.36. The van der Waals surface area contributed by atoms with Gasteiger partial charge in [-0.25, -0.2) is 0 Å². The van der Waals surface area contributed by atoms with Crippen LogP contribution in [0.3, 0.4) is 0 Å². The molecule has 0 aliphatic heterocycles. The van der Waals surface area contributed by atoms with E-state index < -0.39 is 6.10 Å². The number of aromatic nitrogens is 1. The number of aromatic amines is 1. The minimum atomic E-state index is -0.645. The molecular weight excluding hydrogens is 502 g/mol. The Morgan fingerprint density at radius 1 is 0.947 bits per heavy atom. The predicted molar refractivity (Wildman–Crippen MR) is 153 cm³/mol. The number of H-pyrrole nitrogens is 1. The number of methoxy groups -OCH3 is 2. The van der Waals surface area contributed by atoms with Crippen molar-refractivity contribution in [2.24, 2.45) is 5.16 Å². The van der Waals surface area contributed by atoms with Gasteiger partial charge in [0.05, 0.1) is 31.0 Å². The predicted octanol–water partition coefficient (Wildman–Crippen LogP) is 5.67. The molecule has 1 atom stereocenters. The van der Waals surface area contributed by atoms with Crippen LogP contribution < -0.4 is 14.2 Å². The Hall–Kier alpha value is -4.12. The fourth-order valence-electron chi connectivity index (χ4n) is 4.57. The molecule has 1 aliphatic rings. The zero-order chi connectivity index (χ0) is 25.9. The highest BCUT2D eigenvalue weighted by Crippen LogP contribution is 2.49. The molecule has 3 aromatic carbocycles. The van der Waals surface area contributed by atoms with Gasteiger partial charge in [0.25, 0.3) is 0 Å². The molecule has 5 rings (SSSR count). The third kappa shape index (κ3) is 4.89. The normalized spacial score (nSPS) is 13.4. The summed E-state index contributed by atoms with van der Waals surface area (Å²) in [4.78, 5) is 11.6. The lowest BCUT2D eigenvalue weighted by Crippen LogP contribution is -2.19. The van der Waals surface area contributed by atoms with Crippen molar-refractivity contribution in [2.45, 2.75) is 6.10 Å². The monoisotopic (exact) mass is 531 g/mol. The number of ether oxygens (including phenoxy) is 3. The van der Waals surface area contributed by atoms with E-state index in [2.05, 4.69) is 21.0 Å². The lowest BCUT2D eigenvalue weighted by molar-refractivity contribution is 0.100. The average Bonchev–Trinajstić information content (AvgIpc) is 3.44. The van der Waals surface area contributed by atoms with Gasteiger partial charge >= 0.3 is 0 Å². The Labute approximate surface area is 228 Å². The molecule has 0 bridgehead atoms. The molecule has 0 amide bonds. The van der Waals surface area contributed by atoms with E-state index >= 15 is 0 Å². The van der Waals surface area contributed by atoms with Gasteiger partial charge in [-0.15, -0.1) is 18.8 Å². The summed E-state index contributed by atoms with van der Waals surface area (Å²) < 4.78 is 17.5. The first-order valence-corrected chi connectivity index (χ1v) is 12.0. The number of benzene rings is 3. The summed E-state index contributed by atoms with van der Waals surface area (Å²) in [7, 11) is 7.32. The van der Waals surface area contributed by atoms with Crippen LogP contribution in [0.5, 0.6) is 17.2 Å². The maximum Gasteiger partial charge on any atom is 0.212 e. The van der Waals surface area contributed by atoms with Crippen LogP contribution in [0.25, 0.3) is 22.2 Å². The Morgan fingerprint density at radius 3 is 2.32 bits per heavy atom. The van der Waals surface area contributed by atoms with Crippen molar-refractivity contribution in [3.8, 4) is 40.8 Å². The molecule has 1 unspecified atom stereocenters. The lowest BCUT2D eigenvalue weighted by Gasteiger charge is -2.14. The van der Waals surface area contributed by atoms with Gasteiger partial charge < -0.3 is 28.9 Å². The molecule has 0 saturated carbocycles. The number of fused-ring (bicyclic) bond motifs is 5. The van der Waals surface area contributed by atoms with Crippen LogP contribution >= 0.6 is 12.4 Å². The van der Waals surface area contributed by atoms with Gasteiger partial charge in [-0.2, -0.15) is 0 Å². The first kappa shape index (κ1) is 26.9. The minimum Gasteiger partial charge on any atom is -0.496 e. The van der Waals surface area contributed by atoms with Crippen LogP contribution in [-0.4, -0.2) is 57.1 Å². The van der Waals surface area contributed by atoms with E-state index in [4.69, 9.17) is 25.5 Å². The number of hydrogen-bond acceptors (Lipinski definition) is 6. The first-order chi connectivity index (χ1) is 18.0. The van der Waals surface area contributed by atoms with Crippen LogP contribution in [0, 0.1) is 12.3 Å². The Bertz CT molecular complexity index is 1510. The molecular formula is C30H30ClN3O4. The van der Waals surface area contributed by atoms with E-state index in [0.717, 1.165) is 51.1 Å². The van der Waals surface area contributed by atoms with Crippen molar-refractivity contribution in [1.82, 2.24) is 9.88 Å². The fraction of sp³-hybridized carbons (Fsp3) is 0.233. The Balaban J connectivity index is 0.00000336. The molecule has 1 N–H and O–H groups in total. The van der Waals surface area contributed by atoms with E-state index in [9.17, 15) is 0 Å². The number of hydrogen-bond donors (Lipinski definition) is 1. The van der Waals surface area contributed by atoms with Crippen LogP contribution in [0.2, 0.25) is 0 Å². The van der Waals surface area contributed by atoms with Gasteiger partial charge in [-0.1, -0.05) is 41.4 Å². The first-order valence-electron chi connectivity index (χ1n) is 12.0. The molecule has 1 aromatic heterocycles. The van der Waals surface area contributed by atoms with Crippen LogP contribution in [0.1, 0.15) is 22.8 Å². The molecule has 0 saturated heterocycles. The molecule has 7 nitrogen and oxygen atoms in total. The Morgan fingerprint density at radius 2 is 1.66 bits per heavy atom. The quantitative estimate of drug-likeness (QED) is 0.196. The third-order valence-electron chi connectivity index (χ3n) is 6.37. The topological polar surface area (TPSA) is 68.3 Å². The fourth-order valence-corrected chi connectivity index (χ4v) is 4.57. The van der Waals surface area contributed by atoms with Gasteiger partial charge in [-0.3, -0.25) is 0 Å². The number of terminal acetylenes is 1. The van der Waals surface area contributed by atoms with Crippen molar-refractivity contribution in [2.75, 3.05) is 41.5 Å². The summed E-state index contributed by atoms with van der Waals surface area (Å²) in [6.45, 7) is 1.40. The second kappa shape index (κ2) is 11.5. The number of rotatable bonds is 9. The van der Waals surface area contributed by atoms with Gasteiger partial charge in [-0.05, 0) is 44.4 Å². The number of likely N-dealkylation sites (N-methyl/N-ethyl adjacent to an activating group) is 1. The molecule has 0 fully saturated rings. The standard InChI is InChI=1S/C30H29N3O4.ClH/c1-6-23(19-10-8-7-9-11-19)37-32-30-26-21-18-20(36-17-16-33(2)3)12-13-22(21)31-29(26)27-24(34-4)14-15-25(35-5)28(27)30;/h1,7-15,18,23,31H,16-17H2,2-5H3;1H/b32-30+;. The molecule has 1 aliphatic carbocycles. The summed E-state index contributed by atoms with van der Waals surface area (Å²) in [6, 6.07) is 19.4. The van der Waals surface area contributed by atoms with Crippen molar-refractivity contribution in [3.63, 3.8) is 0 Å². The second-order valence-corrected chi connectivity index (χ2v) is 8.96. The van der Waals surface area contributed by atoms with Gasteiger partial charge in [0.2, 0.25) is 6.10 Å². The molecule has 0 spiro atoms. The number of halogens is 1. The summed E-state index contributed by atoms with van der Waals surface area (Å²) in [5.41, 5.74) is 5.83. The largest absolute Gasteiger partial charge is 0.496 e. The van der Waals surface area contributed by atoms with Crippen molar-refractivity contribution in [1.29, 1.82) is 0 Å². The molecule has 1 heterocycles. The lowest BCUT2D eigenvalue weighted by atomic mass is 10.0. The summed E-state index contributed by atoms with van der Waals surface area (Å²) in [5.74, 6) is 4.83. The highest BCUT2D eigenvalue weighted by atomic mass is 35.5. The van der Waals surface area contributed by atoms with Gasteiger partial charge in [0.1, 0.15) is 29.6 Å². The highest BCUT2D eigenvalue weighted by molar-refractivity contribution is 6.31. The van der Waals surface area contributed by atoms with Gasteiger partial charge in [0, 0.05) is 28.6 Å². The van der Waals surface area contributed by atoms with Crippen molar-refractivity contribution >= 4 is 29.0 Å². The summed E-state index contributed by atoms with van der Waals surface area (Å²) in [5, 5.41) is 5.60. The Kier molecular flexibility index (Phi) is 8.16. The molecule has 196 valence electrons. The van der Waals surface area contributed by atoms with Crippen LogP contribution in [-0.2, 0) is 4.84 Å². The number of nitrogens with zero attached hydrogens (tertiary/aromatic N) is 2.